The molecule has 35 heavy (non-hydrogen) atoms. The molecule has 1 saturated carbocycles. The van der Waals surface area contributed by atoms with Crippen LogP contribution in [0, 0.1) is 18.8 Å². The Morgan fingerprint density at radius 1 is 1.17 bits per heavy atom. The van der Waals surface area contributed by atoms with E-state index in [1.807, 2.05) is 26.0 Å². The van der Waals surface area contributed by atoms with E-state index in [1.165, 1.54) is 0 Å². The van der Waals surface area contributed by atoms with Crippen LogP contribution < -0.4 is 5.32 Å². The molecule has 0 saturated heterocycles. The highest BCUT2D eigenvalue weighted by Gasteiger charge is 2.27. The number of nitrogens with one attached hydrogen (secondary N) is 1. The SMILES string of the molecule is C/C=C(\C=C(\C)C(C)=O)C(=Nc1cc(CNC(CC(C)C)C(=O)OC2CCC2)ccc1C)C(C)C. The van der Waals surface area contributed by atoms with Gasteiger partial charge in [0.15, 0.2) is 5.78 Å². The Morgan fingerprint density at radius 2 is 1.86 bits per heavy atom. The van der Waals surface area contributed by atoms with E-state index in [0.29, 0.717) is 18.0 Å². The number of hydrogen-bond donors (Lipinski definition) is 1. The van der Waals surface area contributed by atoms with Crippen LogP contribution >= 0.6 is 0 Å². The molecule has 1 unspecified atom stereocenters. The average molecular weight is 481 g/mol. The van der Waals surface area contributed by atoms with E-state index in [2.05, 4.69) is 58.1 Å². The number of carbonyl (C=O) groups excluding carboxylic acids is 2. The summed E-state index contributed by atoms with van der Waals surface area (Å²) in [6.45, 7) is 16.5. The third-order valence-electron chi connectivity index (χ3n) is 6.47. The Labute approximate surface area is 212 Å². The largest absolute Gasteiger partial charge is 0.461 e. The van der Waals surface area contributed by atoms with E-state index in [4.69, 9.17) is 9.73 Å². The zero-order valence-electron chi connectivity index (χ0n) is 22.9. The quantitative estimate of drug-likeness (QED) is 0.154. The second kappa shape index (κ2) is 13.5. The number of aliphatic imine (C=N–C) groups is 1. The van der Waals surface area contributed by atoms with Gasteiger partial charge >= 0.3 is 5.97 Å². The first-order valence-corrected chi connectivity index (χ1v) is 13.0. The molecule has 1 N–H and O–H groups in total. The number of rotatable bonds is 12. The van der Waals surface area contributed by atoms with Crippen molar-refractivity contribution in [1.29, 1.82) is 0 Å². The molecule has 0 spiro atoms. The van der Waals surface area contributed by atoms with Gasteiger partial charge < -0.3 is 10.1 Å². The topological polar surface area (TPSA) is 67.8 Å². The third-order valence-corrected chi connectivity index (χ3v) is 6.47. The van der Waals surface area contributed by atoms with Crippen LogP contribution in [0.3, 0.4) is 0 Å². The van der Waals surface area contributed by atoms with Crippen molar-refractivity contribution >= 4 is 23.2 Å². The van der Waals surface area contributed by atoms with Gasteiger partial charge in [-0.25, -0.2) is 0 Å². The molecule has 0 aliphatic heterocycles. The van der Waals surface area contributed by atoms with Crippen molar-refractivity contribution in [3.8, 4) is 0 Å². The van der Waals surface area contributed by atoms with Crippen LogP contribution in [0.25, 0.3) is 0 Å². The predicted octanol–water partition coefficient (Wildman–Crippen LogP) is 6.81. The maximum atomic E-state index is 12.7. The summed E-state index contributed by atoms with van der Waals surface area (Å²) in [6.07, 6.45) is 7.87. The second-order valence-corrected chi connectivity index (χ2v) is 10.5. The zero-order valence-corrected chi connectivity index (χ0v) is 22.9. The number of Topliss-reactive ketones (excluding diaryl/α,β-unsaturated/α-hetero) is 1. The molecule has 1 atom stereocenters. The normalized spacial score (nSPS) is 16.5. The van der Waals surface area contributed by atoms with Crippen molar-refractivity contribution < 1.29 is 14.3 Å². The Morgan fingerprint density at radius 3 is 2.37 bits per heavy atom. The van der Waals surface area contributed by atoms with Crippen molar-refractivity contribution in [1.82, 2.24) is 5.32 Å². The van der Waals surface area contributed by atoms with Gasteiger partial charge in [-0.2, -0.15) is 0 Å². The average Bonchev–Trinajstić information content (AvgIpc) is 2.76. The van der Waals surface area contributed by atoms with Crippen molar-refractivity contribution in [3.05, 3.63) is 52.6 Å². The van der Waals surface area contributed by atoms with Gasteiger partial charge in [-0.3, -0.25) is 14.6 Å². The molecule has 0 aromatic heterocycles. The molecule has 1 aromatic rings. The number of ketones is 1. The maximum absolute atomic E-state index is 12.7. The highest BCUT2D eigenvalue weighted by molar-refractivity contribution is 6.07. The molecular weight excluding hydrogens is 436 g/mol. The smallest absolute Gasteiger partial charge is 0.323 e. The van der Waals surface area contributed by atoms with E-state index < -0.39 is 0 Å². The van der Waals surface area contributed by atoms with Gasteiger partial charge in [0.1, 0.15) is 12.1 Å². The van der Waals surface area contributed by atoms with Gasteiger partial charge in [-0.1, -0.05) is 45.9 Å². The van der Waals surface area contributed by atoms with Gasteiger partial charge in [0.25, 0.3) is 0 Å². The van der Waals surface area contributed by atoms with E-state index in [0.717, 1.165) is 53.8 Å². The van der Waals surface area contributed by atoms with Gasteiger partial charge in [-0.15, -0.1) is 0 Å². The highest BCUT2D eigenvalue weighted by Crippen LogP contribution is 2.25. The van der Waals surface area contributed by atoms with Crippen molar-refractivity contribution in [3.63, 3.8) is 0 Å². The van der Waals surface area contributed by atoms with E-state index in [1.54, 1.807) is 6.92 Å². The number of aryl methyl sites for hydroxylation is 1. The zero-order chi connectivity index (χ0) is 26.1. The molecule has 5 nitrogen and oxygen atoms in total. The van der Waals surface area contributed by atoms with Gasteiger partial charge in [0.05, 0.1) is 11.4 Å². The Kier molecular flexibility index (Phi) is 11.1. The van der Waals surface area contributed by atoms with E-state index in [9.17, 15) is 9.59 Å². The second-order valence-electron chi connectivity index (χ2n) is 10.5. The third kappa shape index (κ3) is 8.88. The summed E-state index contributed by atoms with van der Waals surface area (Å²) < 4.78 is 5.69. The lowest BCUT2D eigenvalue weighted by atomic mass is 9.96. The molecular formula is C30H44N2O3. The number of nitrogens with zero attached hydrogens (tertiary/aromatic N) is 1. The highest BCUT2D eigenvalue weighted by atomic mass is 16.5. The standard InChI is InChI=1S/C30H44N2O3/c1-9-25(16-22(7)23(8)33)29(20(4)5)32-27-17-24(14-13-21(27)6)18-31-28(15-19(2)3)30(34)35-26-11-10-12-26/h9,13-14,16-17,19-20,26,28,31H,10-12,15,18H2,1-8H3/b22-16-,25-9+,32-29?. The van der Waals surface area contributed by atoms with Crippen molar-refractivity contribution in [2.45, 2.75) is 99.8 Å². The predicted molar refractivity (Wildman–Crippen MR) is 145 cm³/mol. The molecule has 1 aliphatic carbocycles. The molecule has 1 aromatic carbocycles. The lowest BCUT2D eigenvalue weighted by Crippen LogP contribution is -2.41. The fraction of sp³-hybridized carbons (Fsp3) is 0.567. The van der Waals surface area contributed by atoms with Crippen LogP contribution in [0.2, 0.25) is 0 Å². The molecule has 1 fully saturated rings. The number of esters is 1. The first kappa shape index (κ1) is 28.7. The summed E-state index contributed by atoms with van der Waals surface area (Å²) in [4.78, 5) is 29.6. The van der Waals surface area contributed by atoms with Crippen LogP contribution in [0.5, 0.6) is 0 Å². The van der Waals surface area contributed by atoms with Gasteiger partial charge in [-0.05, 0) is 99.6 Å². The Balaban J connectivity index is 2.26. The molecule has 2 rings (SSSR count). The summed E-state index contributed by atoms with van der Waals surface area (Å²) in [5.41, 5.74) is 5.68. The lowest BCUT2D eigenvalue weighted by Gasteiger charge is -2.28. The summed E-state index contributed by atoms with van der Waals surface area (Å²) in [5, 5.41) is 3.43. The number of ether oxygens (including phenoxy) is 1. The number of benzene rings is 1. The summed E-state index contributed by atoms with van der Waals surface area (Å²) in [6, 6.07) is 5.92. The lowest BCUT2D eigenvalue weighted by molar-refractivity contribution is -0.156. The molecule has 0 radical (unpaired) electrons. The molecule has 5 heteroatoms. The minimum Gasteiger partial charge on any atom is -0.461 e. The first-order chi connectivity index (χ1) is 16.5. The van der Waals surface area contributed by atoms with Gasteiger partial charge in [0, 0.05) is 6.54 Å². The Bertz CT molecular complexity index is 981. The number of carbonyl (C=O) groups is 2. The minimum atomic E-state index is -0.315. The van der Waals surface area contributed by atoms with Gasteiger partial charge in [0.2, 0.25) is 0 Å². The number of hydrogen-bond acceptors (Lipinski definition) is 5. The molecule has 192 valence electrons. The molecule has 0 amide bonds. The fourth-order valence-corrected chi connectivity index (χ4v) is 3.89. The maximum Gasteiger partial charge on any atom is 0.323 e. The minimum absolute atomic E-state index is 0.0588. The summed E-state index contributed by atoms with van der Waals surface area (Å²) >= 11 is 0. The first-order valence-electron chi connectivity index (χ1n) is 13.0. The number of allylic oxidation sites excluding steroid dienone is 4. The van der Waals surface area contributed by atoms with Crippen molar-refractivity contribution in [2.75, 3.05) is 0 Å². The fourth-order valence-electron chi connectivity index (χ4n) is 3.89. The van der Waals surface area contributed by atoms with Crippen LogP contribution in [0.4, 0.5) is 5.69 Å². The monoisotopic (exact) mass is 480 g/mol. The van der Waals surface area contributed by atoms with Crippen LogP contribution in [0.15, 0.2) is 46.5 Å². The molecule has 1 aliphatic rings. The van der Waals surface area contributed by atoms with E-state index >= 15 is 0 Å². The van der Waals surface area contributed by atoms with Crippen molar-refractivity contribution in [2.24, 2.45) is 16.8 Å². The van der Waals surface area contributed by atoms with Crippen LogP contribution in [-0.4, -0.2) is 29.6 Å². The van der Waals surface area contributed by atoms with E-state index in [-0.39, 0.29) is 29.8 Å². The molecule has 0 bridgehead atoms. The summed E-state index contributed by atoms with van der Waals surface area (Å²) in [5.74, 6) is 0.499. The van der Waals surface area contributed by atoms with Crippen LogP contribution in [0.1, 0.15) is 85.3 Å². The molecule has 0 heterocycles. The Hall–Kier alpha value is -2.53. The van der Waals surface area contributed by atoms with Crippen LogP contribution in [-0.2, 0) is 20.9 Å². The summed E-state index contributed by atoms with van der Waals surface area (Å²) in [7, 11) is 0.